The van der Waals surface area contributed by atoms with Crippen molar-refractivity contribution in [1.82, 2.24) is 9.80 Å². The van der Waals surface area contributed by atoms with Crippen molar-refractivity contribution >= 4 is 6.29 Å². The normalized spacial score (nSPS) is 24.1. The highest BCUT2D eigenvalue weighted by atomic mass is 16.1. The van der Waals surface area contributed by atoms with Crippen LogP contribution in [-0.2, 0) is 4.79 Å². The Kier molecular flexibility index (Phi) is 4.39. The summed E-state index contributed by atoms with van der Waals surface area (Å²) in [7, 11) is 4.27. The second-order valence-corrected chi connectivity index (χ2v) is 4.13. The van der Waals surface area contributed by atoms with Crippen LogP contribution in [0, 0.1) is 5.92 Å². The minimum absolute atomic E-state index is 0.666. The monoisotopic (exact) mass is 184 g/mol. The van der Waals surface area contributed by atoms with Gasteiger partial charge in [0.1, 0.15) is 6.29 Å². The number of rotatable bonds is 5. The van der Waals surface area contributed by atoms with Gasteiger partial charge in [-0.1, -0.05) is 0 Å². The maximum Gasteiger partial charge on any atom is 0.121 e. The van der Waals surface area contributed by atoms with Gasteiger partial charge in [-0.05, 0) is 33.0 Å². The molecule has 3 heteroatoms. The summed E-state index contributed by atoms with van der Waals surface area (Å²) in [5.41, 5.74) is 0. The summed E-state index contributed by atoms with van der Waals surface area (Å²) in [5, 5.41) is 0. The van der Waals surface area contributed by atoms with Gasteiger partial charge in [0.2, 0.25) is 0 Å². The fraction of sp³-hybridized carbons (Fsp3) is 0.900. The fourth-order valence-corrected chi connectivity index (χ4v) is 1.98. The van der Waals surface area contributed by atoms with E-state index in [1.165, 1.54) is 19.5 Å². The first kappa shape index (κ1) is 10.7. The van der Waals surface area contributed by atoms with Crippen molar-refractivity contribution in [3.05, 3.63) is 0 Å². The summed E-state index contributed by atoms with van der Waals surface area (Å²) in [4.78, 5) is 14.8. The lowest BCUT2D eigenvalue weighted by atomic mass is 10.1. The molecule has 0 saturated carbocycles. The van der Waals surface area contributed by atoms with Crippen LogP contribution in [0.2, 0.25) is 0 Å². The average molecular weight is 184 g/mol. The minimum Gasteiger partial charge on any atom is -0.306 e. The summed E-state index contributed by atoms with van der Waals surface area (Å²) in [6.45, 7) is 4.49. The van der Waals surface area contributed by atoms with Crippen molar-refractivity contribution in [2.45, 2.75) is 12.8 Å². The Hall–Kier alpha value is -0.410. The van der Waals surface area contributed by atoms with E-state index in [0.29, 0.717) is 6.42 Å². The molecule has 1 unspecified atom stereocenters. The Morgan fingerprint density at radius 2 is 2.38 bits per heavy atom. The fourth-order valence-electron chi connectivity index (χ4n) is 1.98. The van der Waals surface area contributed by atoms with E-state index in [-0.39, 0.29) is 0 Å². The molecule has 0 aromatic heterocycles. The first-order chi connectivity index (χ1) is 6.22. The first-order valence-electron chi connectivity index (χ1n) is 5.03. The molecule has 0 aromatic rings. The number of aldehydes is 1. The predicted molar refractivity (Wildman–Crippen MR) is 53.8 cm³/mol. The lowest BCUT2D eigenvalue weighted by Crippen LogP contribution is -2.28. The molecule has 0 aromatic carbocycles. The van der Waals surface area contributed by atoms with Crippen LogP contribution < -0.4 is 0 Å². The van der Waals surface area contributed by atoms with Crippen LogP contribution in [0.15, 0.2) is 0 Å². The molecule has 1 fully saturated rings. The molecule has 0 amide bonds. The molecule has 1 saturated heterocycles. The molecule has 0 N–H and O–H groups in total. The Balaban J connectivity index is 2.12. The van der Waals surface area contributed by atoms with E-state index in [1.807, 2.05) is 0 Å². The zero-order valence-corrected chi connectivity index (χ0v) is 8.70. The average Bonchev–Trinajstić information content (AvgIpc) is 2.48. The molecule has 1 atom stereocenters. The number of likely N-dealkylation sites (tertiary alicyclic amines) is 1. The topological polar surface area (TPSA) is 23.6 Å². The SMILES string of the molecule is CN(CCC=O)CC1CCN(C)C1. The molecule has 13 heavy (non-hydrogen) atoms. The van der Waals surface area contributed by atoms with E-state index in [0.717, 1.165) is 25.3 Å². The van der Waals surface area contributed by atoms with E-state index < -0.39 is 0 Å². The van der Waals surface area contributed by atoms with E-state index in [2.05, 4.69) is 23.9 Å². The quantitative estimate of drug-likeness (QED) is 0.580. The third kappa shape index (κ3) is 3.87. The zero-order valence-electron chi connectivity index (χ0n) is 8.70. The number of carbonyl (C=O) groups is 1. The van der Waals surface area contributed by atoms with Crippen molar-refractivity contribution in [2.24, 2.45) is 5.92 Å². The Morgan fingerprint density at radius 1 is 1.62 bits per heavy atom. The molecule has 0 aliphatic carbocycles. The molecule has 0 spiro atoms. The summed E-state index contributed by atoms with van der Waals surface area (Å²) < 4.78 is 0. The Bertz CT molecular complexity index is 161. The van der Waals surface area contributed by atoms with Crippen molar-refractivity contribution in [2.75, 3.05) is 40.3 Å². The van der Waals surface area contributed by atoms with Crippen LogP contribution in [0.5, 0.6) is 0 Å². The summed E-state index contributed by atoms with van der Waals surface area (Å²) in [6, 6.07) is 0. The van der Waals surface area contributed by atoms with Gasteiger partial charge < -0.3 is 14.6 Å². The highest BCUT2D eigenvalue weighted by molar-refractivity contribution is 5.49. The van der Waals surface area contributed by atoms with E-state index in [9.17, 15) is 4.79 Å². The van der Waals surface area contributed by atoms with E-state index in [1.54, 1.807) is 0 Å². The van der Waals surface area contributed by atoms with E-state index in [4.69, 9.17) is 0 Å². The maximum absolute atomic E-state index is 10.2. The van der Waals surface area contributed by atoms with Crippen LogP contribution in [0.25, 0.3) is 0 Å². The van der Waals surface area contributed by atoms with Crippen LogP contribution in [-0.4, -0.2) is 56.4 Å². The predicted octanol–water partition coefficient (Wildman–Crippen LogP) is 0.459. The summed E-state index contributed by atoms with van der Waals surface area (Å²) in [6.07, 6.45) is 2.97. The van der Waals surface area contributed by atoms with Crippen LogP contribution >= 0.6 is 0 Å². The minimum atomic E-state index is 0.666. The molecular weight excluding hydrogens is 164 g/mol. The maximum atomic E-state index is 10.2. The van der Waals surface area contributed by atoms with Gasteiger partial charge in [-0.3, -0.25) is 0 Å². The Morgan fingerprint density at radius 3 is 2.92 bits per heavy atom. The number of hydrogen-bond donors (Lipinski definition) is 0. The van der Waals surface area contributed by atoms with Gasteiger partial charge in [-0.2, -0.15) is 0 Å². The van der Waals surface area contributed by atoms with E-state index >= 15 is 0 Å². The summed E-state index contributed by atoms with van der Waals surface area (Å²) >= 11 is 0. The van der Waals surface area contributed by atoms with Crippen LogP contribution in [0.1, 0.15) is 12.8 Å². The Labute approximate surface area is 80.7 Å². The second-order valence-electron chi connectivity index (χ2n) is 4.13. The molecule has 1 aliphatic rings. The third-order valence-electron chi connectivity index (χ3n) is 2.69. The molecule has 1 aliphatic heterocycles. The highest BCUT2D eigenvalue weighted by Gasteiger charge is 2.20. The molecule has 3 nitrogen and oxygen atoms in total. The largest absolute Gasteiger partial charge is 0.306 e. The van der Waals surface area contributed by atoms with Crippen molar-refractivity contribution < 1.29 is 4.79 Å². The number of hydrogen-bond acceptors (Lipinski definition) is 3. The van der Waals surface area contributed by atoms with Crippen molar-refractivity contribution in [3.8, 4) is 0 Å². The van der Waals surface area contributed by atoms with Gasteiger partial charge in [0.15, 0.2) is 0 Å². The van der Waals surface area contributed by atoms with Crippen LogP contribution in [0.3, 0.4) is 0 Å². The number of nitrogens with zero attached hydrogens (tertiary/aromatic N) is 2. The third-order valence-corrected chi connectivity index (χ3v) is 2.69. The van der Waals surface area contributed by atoms with Gasteiger partial charge in [0.25, 0.3) is 0 Å². The van der Waals surface area contributed by atoms with Gasteiger partial charge >= 0.3 is 0 Å². The second kappa shape index (κ2) is 5.35. The van der Waals surface area contributed by atoms with Gasteiger partial charge in [0, 0.05) is 26.1 Å². The lowest BCUT2D eigenvalue weighted by Gasteiger charge is -2.19. The zero-order chi connectivity index (χ0) is 9.68. The molecule has 0 radical (unpaired) electrons. The van der Waals surface area contributed by atoms with Gasteiger partial charge in [-0.15, -0.1) is 0 Å². The summed E-state index contributed by atoms with van der Waals surface area (Å²) in [5.74, 6) is 0.807. The molecule has 76 valence electrons. The smallest absolute Gasteiger partial charge is 0.121 e. The highest BCUT2D eigenvalue weighted by Crippen LogP contribution is 2.14. The molecule has 1 rings (SSSR count). The van der Waals surface area contributed by atoms with Gasteiger partial charge in [-0.25, -0.2) is 0 Å². The van der Waals surface area contributed by atoms with Crippen molar-refractivity contribution in [3.63, 3.8) is 0 Å². The van der Waals surface area contributed by atoms with Gasteiger partial charge in [0.05, 0.1) is 0 Å². The number of carbonyl (C=O) groups excluding carboxylic acids is 1. The first-order valence-corrected chi connectivity index (χ1v) is 5.03. The van der Waals surface area contributed by atoms with Crippen molar-refractivity contribution in [1.29, 1.82) is 0 Å². The standard InChI is InChI=1S/C10H20N2O/c1-11(5-3-7-13)8-10-4-6-12(2)9-10/h7,10H,3-6,8-9H2,1-2H3. The molecule has 1 heterocycles. The lowest BCUT2D eigenvalue weighted by molar-refractivity contribution is -0.108. The molecular formula is C10H20N2O. The molecule has 0 bridgehead atoms. The van der Waals surface area contributed by atoms with Crippen LogP contribution in [0.4, 0.5) is 0 Å².